The van der Waals surface area contributed by atoms with Gasteiger partial charge in [-0.2, -0.15) is 0 Å². The van der Waals surface area contributed by atoms with E-state index in [4.69, 9.17) is 0 Å². The van der Waals surface area contributed by atoms with Crippen LogP contribution in [0.5, 0.6) is 0 Å². The van der Waals surface area contributed by atoms with Gasteiger partial charge in [0.1, 0.15) is 6.04 Å². The number of carboxylic acid groups (broad SMARTS) is 1. The van der Waals surface area contributed by atoms with Crippen LogP contribution < -0.4 is 0 Å². The Hall–Kier alpha value is -0.570. The lowest BCUT2D eigenvalue weighted by molar-refractivity contribution is -0.145. The molecule has 16 heavy (non-hydrogen) atoms. The van der Waals surface area contributed by atoms with Crippen molar-refractivity contribution in [2.75, 3.05) is 6.54 Å². The van der Waals surface area contributed by atoms with E-state index in [2.05, 4.69) is 18.7 Å². The first-order chi connectivity index (χ1) is 7.66. The summed E-state index contributed by atoms with van der Waals surface area (Å²) in [7, 11) is 0. The summed E-state index contributed by atoms with van der Waals surface area (Å²) in [5.41, 5.74) is 0. The summed E-state index contributed by atoms with van der Waals surface area (Å²) < 4.78 is 0. The Morgan fingerprint density at radius 1 is 1.44 bits per heavy atom. The first kappa shape index (κ1) is 13.5. The average molecular weight is 227 g/mol. The molecule has 1 saturated heterocycles. The van der Waals surface area contributed by atoms with Gasteiger partial charge < -0.3 is 5.11 Å². The van der Waals surface area contributed by atoms with Gasteiger partial charge in [0, 0.05) is 6.04 Å². The monoisotopic (exact) mass is 227 g/mol. The topological polar surface area (TPSA) is 40.5 Å². The predicted octanol–water partition coefficient (Wildman–Crippen LogP) is 2.89. The highest BCUT2D eigenvalue weighted by Crippen LogP contribution is 2.22. The van der Waals surface area contributed by atoms with E-state index in [1.54, 1.807) is 0 Å². The van der Waals surface area contributed by atoms with Crippen molar-refractivity contribution in [3.05, 3.63) is 0 Å². The molecule has 1 aliphatic heterocycles. The van der Waals surface area contributed by atoms with E-state index >= 15 is 0 Å². The molecule has 1 fully saturated rings. The predicted molar refractivity (Wildman–Crippen MR) is 65.6 cm³/mol. The number of rotatable bonds is 6. The number of hydrogen-bond donors (Lipinski definition) is 1. The SMILES string of the molecule is CCCCCC(C)N1CCCCC1C(=O)O. The molecule has 0 radical (unpaired) electrons. The van der Waals surface area contributed by atoms with Crippen LogP contribution in [0, 0.1) is 0 Å². The van der Waals surface area contributed by atoms with Gasteiger partial charge in [0.15, 0.2) is 0 Å². The molecule has 1 N–H and O–H groups in total. The third-order valence-corrected chi connectivity index (χ3v) is 3.62. The number of hydrogen-bond acceptors (Lipinski definition) is 2. The van der Waals surface area contributed by atoms with Crippen LogP contribution in [0.3, 0.4) is 0 Å². The molecule has 1 heterocycles. The average Bonchev–Trinajstić information content (AvgIpc) is 2.29. The quantitative estimate of drug-likeness (QED) is 0.709. The maximum Gasteiger partial charge on any atom is 0.320 e. The number of unbranched alkanes of at least 4 members (excludes halogenated alkanes) is 2. The van der Waals surface area contributed by atoms with E-state index < -0.39 is 5.97 Å². The van der Waals surface area contributed by atoms with Gasteiger partial charge in [0.2, 0.25) is 0 Å². The molecule has 3 heteroatoms. The molecule has 1 rings (SSSR count). The van der Waals surface area contributed by atoms with Gasteiger partial charge in [0.25, 0.3) is 0 Å². The third kappa shape index (κ3) is 3.78. The van der Waals surface area contributed by atoms with Crippen LogP contribution in [-0.4, -0.2) is 34.6 Å². The lowest BCUT2D eigenvalue weighted by Gasteiger charge is -2.37. The molecule has 0 aromatic carbocycles. The maximum atomic E-state index is 11.2. The molecule has 94 valence electrons. The minimum absolute atomic E-state index is 0.231. The van der Waals surface area contributed by atoms with Crippen molar-refractivity contribution in [1.29, 1.82) is 0 Å². The van der Waals surface area contributed by atoms with Crippen molar-refractivity contribution in [3.8, 4) is 0 Å². The van der Waals surface area contributed by atoms with E-state index in [-0.39, 0.29) is 6.04 Å². The molecule has 0 amide bonds. The van der Waals surface area contributed by atoms with Crippen molar-refractivity contribution in [2.45, 2.75) is 70.9 Å². The van der Waals surface area contributed by atoms with E-state index in [0.29, 0.717) is 6.04 Å². The van der Waals surface area contributed by atoms with Crippen LogP contribution in [-0.2, 0) is 4.79 Å². The standard InChI is InChI=1S/C13H25NO2/c1-3-4-5-8-11(2)14-10-7-6-9-12(14)13(15)16/h11-12H,3-10H2,1-2H3,(H,15,16). The number of carbonyl (C=O) groups is 1. The fraction of sp³-hybridized carbons (Fsp3) is 0.923. The lowest BCUT2D eigenvalue weighted by Crippen LogP contribution is -2.49. The van der Waals surface area contributed by atoms with Gasteiger partial charge in [-0.15, -0.1) is 0 Å². The highest BCUT2D eigenvalue weighted by molar-refractivity contribution is 5.73. The molecule has 3 nitrogen and oxygen atoms in total. The van der Waals surface area contributed by atoms with Gasteiger partial charge in [-0.1, -0.05) is 32.6 Å². The Bertz CT molecular complexity index is 218. The van der Waals surface area contributed by atoms with Crippen LogP contribution in [0.1, 0.15) is 58.8 Å². The van der Waals surface area contributed by atoms with Crippen LogP contribution in [0.4, 0.5) is 0 Å². The number of likely N-dealkylation sites (tertiary alicyclic amines) is 1. The van der Waals surface area contributed by atoms with Crippen LogP contribution >= 0.6 is 0 Å². The Kier molecular flexibility index (Phi) is 5.81. The first-order valence-electron chi connectivity index (χ1n) is 6.65. The second-order valence-electron chi connectivity index (χ2n) is 4.93. The van der Waals surface area contributed by atoms with E-state index in [1.807, 2.05) is 0 Å². The summed E-state index contributed by atoms with van der Waals surface area (Å²) in [5.74, 6) is -0.637. The summed E-state index contributed by atoms with van der Waals surface area (Å²) in [4.78, 5) is 13.4. The fourth-order valence-electron chi connectivity index (χ4n) is 2.60. The zero-order valence-electron chi connectivity index (χ0n) is 10.6. The van der Waals surface area contributed by atoms with Gasteiger partial charge in [-0.25, -0.2) is 0 Å². The van der Waals surface area contributed by atoms with Crippen molar-refractivity contribution in [1.82, 2.24) is 4.90 Å². The Morgan fingerprint density at radius 3 is 2.81 bits per heavy atom. The van der Waals surface area contributed by atoms with E-state index in [0.717, 1.165) is 32.2 Å². The lowest BCUT2D eigenvalue weighted by atomic mass is 9.98. The number of carboxylic acids is 1. The van der Waals surface area contributed by atoms with Gasteiger partial charge >= 0.3 is 5.97 Å². The normalized spacial score (nSPS) is 24.2. The van der Waals surface area contributed by atoms with Gasteiger partial charge in [-0.3, -0.25) is 9.69 Å². The smallest absolute Gasteiger partial charge is 0.320 e. The van der Waals surface area contributed by atoms with Gasteiger partial charge in [-0.05, 0) is 32.7 Å². The molecule has 0 aromatic heterocycles. The Morgan fingerprint density at radius 2 is 2.19 bits per heavy atom. The molecule has 0 saturated carbocycles. The highest BCUT2D eigenvalue weighted by atomic mass is 16.4. The molecule has 2 atom stereocenters. The highest BCUT2D eigenvalue weighted by Gasteiger charge is 2.31. The van der Waals surface area contributed by atoms with E-state index in [9.17, 15) is 9.90 Å². The second kappa shape index (κ2) is 6.89. The largest absolute Gasteiger partial charge is 0.480 e. The molecule has 1 aliphatic rings. The molecule has 0 aromatic rings. The van der Waals surface area contributed by atoms with Crippen LogP contribution in [0.15, 0.2) is 0 Å². The minimum Gasteiger partial charge on any atom is -0.480 e. The van der Waals surface area contributed by atoms with Crippen LogP contribution in [0.2, 0.25) is 0 Å². The summed E-state index contributed by atoms with van der Waals surface area (Å²) in [5, 5.41) is 9.19. The van der Waals surface area contributed by atoms with Crippen molar-refractivity contribution >= 4 is 5.97 Å². The van der Waals surface area contributed by atoms with Crippen molar-refractivity contribution in [2.24, 2.45) is 0 Å². The zero-order valence-corrected chi connectivity index (χ0v) is 10.6. The molecule has 0 aliphatic carbocycles. The summed E-state index contributed by atoms with van der Waals surface area (Å²) in [6.07, 6.45) is 7.90. The second-order valence-corrected chi connectivity index (χ2v) is 4.93. The maximum absolute atomic E-state index is 11.2. The van der Waals surface area contributed by atoms with Crippen LogP contribution in [0.25, 0.3) is 0 Å². The Labute approximate surface area is 98.8 Å². The molecule has 2 unspecified atom stereocenters. The number of piperidine rings is 1. The third-order valence-electron chi connectivity index (χ3n) is 3.62. The summed E-state index contributed by atoms with van der Waals surface area (Å²) >= 11 is 0. The molecular formula is C13H25NO2. The van der Waals surface area contributed by atoms with Crippen molar-refractivity contribution < 1.29 is 9.90 Å². The molecular weight excluding hydrogens is 202 g/mol. The summed E-state index contributed by atoms with van der Waals surface area (Å²) in [6, 6.07) is 0.193. The Balaban J connectivity index is 2.43. The number of nitrogens with zero attached hydrogens (tertiary/aromatic N) is 1. The zero-order chi connectivity index (χ0) is 12.0. The molecule has 0 bridgehead atoms. The fourth-order valence-corrected chi connectivity index (χ4v) is 2.60. The minimum atomic E-state index is -0.637. The van der Waals surface area contributed by atoms with Gasteiger partial charge in [0.05, 0.1) is 0 Å². The molecule has 0 spiro atoms. The first-order valence-corrected chi connectivity index (χ1v) is 6.65. The van der Waals surface area contributed by atoms with Crippen molar-refractivity contribution in [3.63, 3.8) is 0 Å². The summed E-state index contributed by atoms with van der Waals surface area (Å²) in [6.45, 7) is 5.34. The van der Waals surface area contributed by atoms with E-state index in [1.165, 1.54) is 19.3 Å². The number of aliphatic carboxylic acids is 1.